The Bertz CT molecular complexity index is 895. The average molecular weight is 364 g/mol. The highest BCUT2D eigenvalue weighted by molar-refractivity contribution is 6.31. The first kappa shape index (κ1) is 16.5. The highest BCUT2D eigenvalue weighted by Crippen LogP contribution is 2.19. The molecule has 0 fully saturated rings. The number of halogens is 3. The molecule has 3 rings (SSSR count). The predicted octanol–water partition coefficient (Wildman–Crippen LogP) is 4.63. The van der Waals surface area contributed by atoms with Crippen LogP contribution in [0.4, 0.5) is 10.2 Å². The monoisotopic (exact) mass is 363 g/mol. The van der Waals surface area contributed by atoms with Gasteiger partial charge in [0.2, 0.25) is 0 Å². The third-order valence-electron chi connectivity index (χ3n) is 3.41. The van der Waals surface area contributed by atoms with Gasteiger partial charge in [-0.25, -0.2) is 9.07 Å². The molecule has 1 aromatic heterocycles. The molecular weight excluding hydrogens is 352 g/mol. The van der Waals surface area contributed by atoms with Crippen LogP contribution in [0.2, 0.25) is 10.0 Å². The van der Waals surface area contributed by atoms with Gasteiger partial charge in [0.1, 0.15) is 11.6 Å². The molecular formula is C17H12Cl2FN3O. The molecule has 7 heteroatoms. The molecule has 0 aliphatic rings. The van der Waals surface area contributed by atoms with Gasteiger partial charge >= 0.3 is 0 Å². The zero-order chi connectivity index (χ0) is 17.1. The van der Waals surface area contributed by atoms with Crippen LogP contribution in [0.5, 0.6) is 0 Å². The van der Waals surface area contributed by atoms with E-state index in [9.17, 15) is 9.18 Å². The van der Waals surface area contributed by atoms with Gasteiger partial charge in [0.15, 0.2) is 0 Å². The van der Waals surface area contributed by atoms with Crippen molar-refractivity contribution in [2.45, 2.75) is 6.54 Å². The van der Waals surface area contributed by atoms with Crippen LogP contribution in [0.15, 0.2) is 54.7 Å². The number of aromatic nitrogens is 2. The molecule has 3 aromatic rings. The lowest BCUT2D eigenvalue weighted by Crippen LogP contribution is -2.17. The SMILES string of the molecule is O=C(Nc1ccnn1Cc1ccccc1Cl)c1ccc(Cl)cc1F. The van der Waals surface area contributed by atoms with E-state index in [2.05, 4.69) is 10.4 Å². The van der Waals surface area contributed by atoms with Crippen molar-refractivity contribution in [3.05, 3.63) is 81.7 Å². The van der Waals surface area contributed by atoms with Gasteiger partial charge in [0, 0.05) is 16.1 Å². The second kappa shape index (κ2) is 7.03. The molecule has 0 aliphatic carbocycles. The van der Waals surface area contributed by atoms with Gasteiger partial charge in [-0.1, -0.05) is 41.4 Å². The fourth-order valence-corrected chi connectivity index (χ4v) is 2.56. The molecule has 1 heterocycles. The zero-order valence-electron chi connectivity index (χ0n) is 12.3. The summed E-state index contributed by atoms with van der Waals surface area (Å²) in [5, 5.41) is 7.64. The molecule has 2 aromatic carbocycles. The molecule has 0 aliphatic heterocycles. The number of hydrogen-bond acceptors (Lipinski definition) is 2. The quantitative estimate of drug-likeness (QED) is 0.734. The Morgan fingerprint density at radius 2 is 1.96 bits per heavy atom. The molecule has 0 radical (unpaired) electrons. The van der Waals surface area contributed by atoms with E-state index in [0.717, 1.165) is 11.6 Å². The Morgan fingerprint density at radius 1 is 1.17 bits per heavy atom. The summed E-state index contributed by atoms with van der Waals surface area (Å²) in [4.78, 5) is 12.3. The minimum atomic E-state index is -0.683. The normalized spacial score (nSPS) is 10.6. The lowest BCUT2D eigenvalue weighted by atomic mass is 10.2. The fraction of sp³-hybridized carbons (Fsp3) is 0.0588. The predicted molar refractivity (Wildman–Crippen MR) is 92.1 cm³/mol. The molecule has 0 saturated heterocycles. The summed E-state index contributed by atoms with van der Waals surface area (Å²) in [6.07, 6.45) is 1.55. The second-order valence-corrected chi connectivity index (χ2v) is 5.89. The Morgan fingerprint density at radius 3 is 2.71 bits per heavy atom. The highest BCUT2D eigenvalue weighted by Gasteiger charge is 2.14. The van der Waals surface area contributed by atoms with Crippen molar-refractivity contribution >= 4 is 34.9 Å². The van der Waals surface area contributed by atoms with Crippen molar-refractivity contribution in [3.63, 3.8) is 0 Å². The molecule has 122 valence electrons. The third-order valence-corrected chi connectivity index (χ3v) is 4.02. The molecule has 0 saturated carbocycles. The van der Waals surface area contributed by atoms with Crippen LogP contribution in [0.3, 0.4) is 0 Å². The summed E-state index contributed by atoms with van der Waals surface area (Å²) in [7, 11) is 0. The Labute approximate surface area is 147 Å². The summed E-state index contributed by atoms with van der Waals surface area (Å²) < 4.78 is 15.4. The van der Waals surface area contributed by atoms with E-state index >= 15 is 0 Å². The second-order valence-electron chi connectivity index (χ2n) is 5.04. The molecule has 1 N–H and O–H groups in total. The topological polar surface area (TPSA) is 46.9 Å². The van der Waals surface area contributed by atoms with E-state index in [0.29, 0.717) is 17.4 Å². The van der Waals surface area contributed by atoms with Crippen molar-refractivity contribution < 1.29 is 9.18 Å². The molecule has 1 amide bonds. The molecule has 24 heavy (non-hydrogen) atoms. The summed E-state index contributed by atoms with van der Waals surface area (Å²) in [5.41, 5.74) is 0.765. The Kier molecular flexibility index (Phi) is 4.83. The van der Waals surface area contributed by atoms with Crippen molar-refractivity contribution in [1.82, 2.24) is 9.78 Å². The lowest BCUT2D eigenvalue weighted by Gasteiger charge is -2.10. The summed E-state index contributed by atoms with van der Waals surface area (Å²) in [6, 6.07) is 12.9. The van der Waals surface area contributed by atoms with Crippen LogP contribution in [0, 0.1) is 5.82 Å². The maximum absolute atomic E-state index is 13.8. The molecule has 0 unspecified atom stereocenters. The van der Waals surface area contributed by atoms with E-state index in [1.54, 1.807) is 23.0 Å². The van der Waals surface area contributed by atoms with E-state index < -0.39 is 11.7 Å². The van der Waals surface area contributed by atoms with Crippen molar-refractivity contribution in [2.24, 2.45) is 0 Å². The fourth-order valence-electron chi connectivity index (χ4n) is 2.21. The average Bonchev–Trinajstić information content (AvgIpc) is 2.96. The van der Waals surface area contributed by atoms with E-state index in [1.807, 2.05) is 18.2 Å². The minimum Gasteiger partial charge on any atom is -0.307 e. The molecule has 0 bridgehead atoms. The van der Waals surface area contributed by atoms with E-state index in [1.165, 1.54) is 12.1 Å². The zero-order valence-corrected chi connectivity index (χ0v) is 13.9. The number of carbonyl (C=O) groups is 1. The standard InChI is InChI=1S/C17H12Cl2FN3O/c18-12-5-6-13(15(20)9-12)17(24)22-16-7-8-21-23(16)10-11-3-1-2-4-14(11)19/h1-9H,10H2,(H,22,24). The van der Waals surface area contributed by atoms with Crippen LogP contribution in [-0.4, -0.2) is 15.7 Å². The number of carbonyl (C=O) groups excluding carboxylic acids is 1. The number of amides is 1. The first-order valence-electron chi connectivity index (χ1n) is 7.06. The smallest absolute Gasteiger partial charge is 0.259 e. The first-order valence-corrected chi connectivity index (χ1v) is 7.82. The summed E-state index contributed by atoms with van der Waals surface area (Å²) in [6.45, 7) is 0.380. The van der Waals surface area contributed by atoms with Gasteiger partial charge in [-0.2, -0.15) is 5.10 Å². The number of nitrogens with one attached hydrogen (secondary N) is 1. The number of hydrogen-bond donors (Lipinski definition) is 1. The number of nitrogens with zero attached hydrogens (tertiary/aromatic N) is 2. The summed E-state index contributed by atoms with van der Waals surface area (Å²) >= 11 is 11.8. The molecule has 0 spiro atoms. The minimum absolute atomic E-state index is 0.0927. The van der Waals surface area contributed by atoms with E-state index in [-0.39, 0.29) is 10.6 Å². The van der Waals surface area contributed by atoms with Crippen LogP contribution in [-0.2, 0) is 6.54 Å². The third kappa shape index (κ3) is 3.58. The van der Waals surface area contributed by atoms with Crippen LogP contribution >= 0.6 is 23.2 Å². The van der Waals surface area contributed by atoms with Crippen molar-refractivity contribution in [3.8, 4) is 0 Å². The number of rotatable bonds is 4. The van der Waals surface area contributed by atoms with Gasteiger partial charge in [-0.05, 0) is 29.8 Å². The number of anilines is 1. The first-order chi connectivity index (χ1) is 11.5. The molecule has 0 atom stereocenters. The van der Waals surface area contributed by atoms with E-state index in [4.69, 9.17) is 23.2 Å². The van der Waals surface area contributed by atoms with Crippen molar-refractivity contribution in [2.75, 3.05) is 5.32 Å². The largest absolute Gasteiger partial charge is 0.307 e. The lowest BCUT2D eigenvalue weighted by molar-refractivity contribution is 0.102. The van der Waals surface area contributed by atoms with Gasteiger partial charge in [0.05, 0.1) is 18.3 Å². The van der Waals surface area contributed by atoms with Gasteiger partial charge in [-0.3, -0.25) is 4.79 Å². The highest BCUT2D eigenvalue weighted by atomic mass is 35.5. The van der Waals surface area contributed by atoms with Crippen LogP contribution in [0.25, 0.3) is 0 Å². The Hall–Kier alpha value is -2.37. The maximum atomic E-state index is 13.8. The Balaban J connectivity index is 1.80. The van der Waals surface area contributed by atoms with Gasteiger partial charge < -0.3 is 5.32 Å². The maximum Gasteiger partial charge on any atom is 0.259 e. The molecule has 4 nitrogen and oxygen atoms in total. The van der Waals surface area contributed by atoms with Gasteiger partial charge in [0.25, 0.3) is 5.91 Å². The van der Waals surface area contributed by atoms with Crippen LogP contribution < -0.4 is 5.32 Å². The van der Waals surface area contributed by atoms with Crippen LogP contribution in [0.1, 0.15) is 15.9 Å². The summed E-state index contributed by atoms with van der Waals surface area (Å²) in [5.74, 6) is -0.823. The number of benzene rings is 2. The van der Waals surface area contributed by atoms with Gasteiger partial charge in [-0.15, -0.1) is 0 Å². The van der Waals surface area contributed by atoms with Crippen molar-refractivity contribution in [1.29, 1.82) is 0 Å².